The molecule has 1 fully saturated rings. The van der Waals surface area contributed by atoms with Crippen LogP contribution in [0.3, 0.4) is 0 Å². The normalized spacial score (nSPS) is 16.7. The molecule has 5 nitrogen and oxygen atoms in total. The molecule has 0 aliphatic carbocycles. The zero-order valence-corrected chi connectivity index (χ0v) is 11.3. The Kier molecular flexibility index (Phi) is 6.72. The highest BCUT2D eigenvalue weighted by Gasteiger charge is 2.17. The third-order valence-electron chi connectivity index (χ3n) is 3.23. The minimum atomic E-state index is -0.0655. The van der Waals surface area contributed by atoms with E-state index in [0.717, 1.165) is 38.8 Å². The molecule has 1 atom stereocenters. The summed E-state index contributed by atoms with van der Waals surface area (Å²) >= 11 is 0. The number of amides is 2. The Morgan fingerprint density at radius 2 is 2.00 bits per heavy atom. The quantitative estimate of drug-likeness (QED) is 0.700. The summed E-state index contributed by atoms with van der Waals surface area (Å²) in [6.45, 7) is 4.21. The molecule has 0 radical (unpaired) electrons. The summed E-state index contributed by atoms with van der Waals surface area (Å²) in [5.41, 5.74) is 5.78. The van der Waals surface area contributed by atoms with Crippen molar-refractivity contribution in [1.82, 2.24) is 10.2 Å². The molecule has 0 saturated carbocycles. The van der Waals surface area contributed by atoms with Gasteiger partial charge in [0.1, 0.15) is 0 Å². The predicted octanol–water partition coefficient (Wildman–Crippen LogP) is 0.633. The van der Waals surface area contributed by atoms with Gasteiger partial charge in [-0.05, 0) is 19.3 Å². The van der Waals surface area contributed by atoms with E-state index < -0.39 is 0 Å². The van der Waals surface area contributed by atoms with Crippen LogP contribution in [-0.4, -0.2) is 42.4 Å². The third-order valence-corrected chi connectivity index (χ3v) is 3.23. The van der Waals surface area contributed by atoms with Gasteiger partial charge in [0.2, 0.25) is 11.8 Å². The molecular formula is C13H25N3O2. The van der Waals surface area contributed by atoms with Crippen LogP contribution in [0.1, 0.15) is 45.4 Å². The van der Waals surface area contributed by atoms with Crippen molar-refractivity contribution in [2.24, 2.45) is 5.73 Å². The van der Waals surface area contributed by atoms with E-state index in [2.05, 4.69) is 5.32 Å². The van der Waals surface area contributed by atoms with Gasteiger partial charge in [0, 0.05) is 38.5 Å². The Morgan fingerprint density at radius 1 is 1.33 bits per heavy atom. The van der Waals surface area contributed by atoms with E-state index in [1.807, 2.05) is 11.8 Å². The first-order valence-electron chi connectivity index (χ1n) is 6.93. The Hall–Kier alpha value is -1.10. The molecule has 1 unspecified atom stereocenters. The fraction of sp³-hybridized carbons (Fsp3) is 0.846. The highest BCUT2D eigenvalue weighted by molar-refractivity contribution is 5.79. The first-order valence-corrected chi connectivity index (χ1v) is 6.93. The molecule has 18 heavy (non-hydrogen) atoms. The molecule has 1 aliphatic heterocycles. The van der Waals surface area contributed by atoms with Gasteiger partial charge in [0.15, 0.2) is 0 Å². The number of carbonyl (C=O) groups excluding carboxylic acids is 2. The molecule has 1 rings (SSSR count). The Bertz CT molecular complexity index is 275. The van der Waals surface area contributed by atoms with E-state index in [1.165, 1.54) is 0 Å². The lowest BCUT2D eigenvalue weighted by atomic mass is 10.1. The second-order valence-electron chi connectivity index (χ2n) is 4.94. The molecule has 104 valence electrons. The van der Waals surface area contributed by atoms with Crippen molar-refractivity contribution in [3.8, 4) is 0 Å². The van der Waals surface area contributed by atoms with Crippen LogP contribution in [0.2, 0.25) is 0 Å². The number of likely N-dealkylation sites (tertiary alicyclic amines) is 1. The number of hydrogen-bond donors (Lipinski definition) is 2. The van der Waals surface area contributed by atoms with Crippen LogP contribution < -0.4 is 11.1 Å². The van der Waals surface area contributed by atoms with Crippen LogP contribution in [0.25, 0.3) is 0 Å². The largest absolute Gasteiger partial charge is 0.356 e. The van der Waals surface area contributed by atoms with Crippen molar-refractivity contribution in [3.63, 3.8) is 0 Å². The number of nitrogens with two attached hydrogens (primary N) is 1. The van der Waals surface area contributed by atoms with Crippen LogP contribution in [0, 0.1) is 0 Å². The van der Waals surface area contributed by atoms with Crippen molar-refractivity contribution >= 4 is 11.8 Å². The monoisotopic (exact) mass is 255 g/mol. The van der Waals surface area contributed by atoms with Gasteiger partial charge in [0.05, 0.1) is 0 Å². The van der Waals surface area contributed by atoms with Gasteiger partial charge in [-0.15, -0.1) is 0 Å². The van der Waals surface area contributed by atoms with Crippen molar-refractivity contribution in [3.05, 3.63) is 0 Å². The van der Waals surface area contributed by atoms with Gasteiger partial charge in [-0.2, -0.15) is 0 Å². The van der Waals surface area contributed by atoms with Crippen molar-refractivity contribution in [1.29, 1.82) is 0 Å². The number of nitrogens with zero attached hydrogens (tertiary/aromatic N) is 1. The van der Waals surface area contributed by atoms with E-state index in [1.54, 1.807) is 0 Å². The van der Waals surface area contributed by atoms with Crippen LogP contribution in [0.15, 0.2) is 0 Å². The average molecular weight is 255 g/mol. The molecule has 0 aromatic heterocycles. The molecule has 0 aromatic carbocycles. The zero-order chi connectivity index (χ0) is 13.4. The second-order valence-corrected chi connectivity index (χ2v) is 4.94. The molecule has 2 amide bonds. The van der Waals surface area contributed by atoms with E-state index in [-0.39, 0.29) is 17.9 Å². The Balaban J connectivity index is 2.09. The summed E-state index contributed by atoms with van der Waals surface area (Å²) in [7, 11) is 0. The maximum atomic E-state index is 11.7. The predicted molar refractivity (Wildman–Crippen MR) is 70.9 cm³/mol. The van der Waals surface area contributed by atoms with Crippen LogP contribution in [-0.2, 0) is 9.59 Å². The van der Waals surface area contributed by atoms with Crippen molar-refractivity contribution in [2.45, 2.75) is 51.5 Å². The lowest BCUT2D eigenvalue weighted by Crippen LogP contribution is -2.35. The highest BCUT2D eigenvalue weighted by Crippen LogP contribution is 2.08. The van der Waals surface area contributed by atoms with E-state index >= 15 is 0 Å². The third kappa shape index (κ3) is 5.49. The summed E-state index contributed by atoms with van der Waals surface area (Å²) in [5, 5.41) is 2.76. The topological polar surface area (TPSA) is 75.4 Å². The zero-order valence-electron chi connectivity index (χ0n) is 11.3. The lowest BCUT2D eigenvalue weighted by molar-refractivity contribution is -0.130. The smallest absolute Gasteiger partial charge is 0.224 e. The molecular weight excluding hydrogens is 230 g/mol. The summed E-state index contributed by atoms with van der Waals surface area (Å²) in [4.78, 5) is 25.1. The number of nitrogens with one attached hydrogen (secondary N) is 1. The van der Waals surface area contributed by atoms with Gasteiger partial charge >= 0.3 is 0 Å². The molecule has 1 heterocycles. The van der Waals surface area contributed by atoms with Crippen molar-refractivity contribution < 1.29 is 9.59 Å². The van der Waals surface area contributed by atoms with Gasteiger partial charge in [-0.25, -0.2) is 0 Å². The molecule has 1 aliphatic rings. The van der Waals surface area contributed by atoms with Gasteiger partial charge in [-0.3, -0.25) is 9.59 Å². The SMILES string of the molecule is CCCC(N)CC(=O)NCCC(=O)N1CCCC1. The molecule has 5 heteroatoms. The fourth-order valence-corrected chi connectivity index (χ4v) is 2.22. The van der Waals surface area contributed by atoms with Gasteiger partial charge < -0.3 is 16.0 Å². The maximum Gasteiger partial charge on any atom is 0.224 e. The first-order chi connectivity index (χ1) is 8.63. The number of rotatable bonds is 7. The Morgan fingerprint density at radius 3 is 2.61 bits per heavy atom. The van der Waals surface area contributed by atoms with Crippen LogP contribution in [0.4, 0.5) is 0 Å². The highest BCUT2D eigenvalue weighted by atomic mass is 16.2. The van der Waals surface area contributed by atoms with E-state index in [9.17, 15) is 9.59 Å². The van der Waals surface area contributed by atoms with Gasteiger partial charge in [0.25, 0.3) is 0 Å². The summed E-state index contributed by atoms with van der Waals surface area (Å²) in [6.07, 6.45) is 4.80. The van der Waals surface area contributed by atoms with Crippen LogP contribution >= 0.6 is 0 Å². The number of carbonyl (C=O) groups is 2. The van der Waals surface area contributed by atoms with Crippen molar-refractivity contribution in [2.75, 3.05) is 19.6 Å². The summed E-state index contributed by atoms with van der Waals surface area (Å²) in [5.74, 6) is 0.0934. The van der Waals surface area contributed by atoms with Crippen LogP contribution in [0.5, 0.6) is 0 Å². The molecule has 1 saturated heterocycles. The average Bonchev–Trinajstić information content (AvgIpc) is 2.82. The Labute approximate surface area is 109 Å². The van der Waals surface area contributed by atoms with E-state index in [0.29, 0.717) is 19.4 Å². The minimum Gasteiger partial charge on any atom is -0.356 e. The van der Waals surface area contributed by atoms with E-state index in [4.69, 9.17) is 5.73 Å². The minimum absolute atomic E-state index is 0.0508. The summed E-state index contributed by atoms with van der Waals surface area (Å²) in [6, 6.07) is -0.0655. The molecule has 3 N–H and O–H groups in total. The lowest BCUT2D eigenvalue weighted by Gasteiger charge is -2.15. The maximum absolute atomic E-state index is 11.7. The molecule has 0 bridgehead atoms. The molecule has 0 spiro atoms. The fourth-order valence-electron chi connectivity index (χ4n) is 2.22. The number of hydrogen-bond acceptors (Lipinski definition) is 3. The summed E-state index contributed by atoms with van der Waals surface area (Å²) < 4.78 is 0. The van der Waals surface area contributed by atoms with Gasteiger partial charge in [-0.1, -0.05) is 13.3 Å². The first kappa shape index (κ1) is 15.0. The second kappa shape index (κ2) is 8.08. The molecule has 0 aromatic rings. The standard InChI is InChI=1S/C13H25N3O2/c1-2-5-11(14)10-12(17)15-7-6-13(18)16-8-3-4-9-16/h11H,2-10,14H2,1H3,(H,15,17).